The van der Waals surface area contributed by atoms with Crippen LogP contribution in [-0.4, -0.2) is 25.6 Å². The fraction of sp³-hybridized carbons (Fsp3) is 0.231. The van der Waals surface area contributed by atoms with Crippen LogP contribution in [0.4, 0.5) is 0 Å². The highest BCUT2D eigenvalue weighted by Crippen LogP contribution is 2.10. The highest BCUT2D eigenvalue weighted by atomic mass is 16.5. The van der Waals surface area contributed by atoms with Crippen LogP contribution in [0.3, 0.4) is 0 Å². The Morgan fingerprint density at radius 3 is 2.50 bits per heavy atom. The normalized spacial score (nSPS) is 10.1. The molecule has 0 aliphatic heterocycles. The predicted molar refractivity (Wildman–Crippen MR) is 66.2 cm³/mol. The first-order chi connectivity index (χ1) is 8.67. The van der Waals surface area contributed by atoms with Crippen molar-refractivity contribution in [1.82, 2.24) is 5.32 Å². The van der Waals surface area contributed by atoms with Crippen molar-refractivity contribution in [2.45, 2.75) is 6.92 Å². The van der Waals surface area contributed by atoms with Gasteiger partial charge in [0.2, 0.25) is 0 Å². The smallest absolute Gasteiger partial charge is 0.332 e. The lowest BCUT2D eigenvalue weighted by molar-refractivity contribution is -0.137. The van der Waals surface area contributed by atoms with Gasteiger partial charge in [-0.15, -0.1) is 0 Å². The Morgan fingerprint density at radius 2 is 1.94 bits per heavy atom. The zero-order valence-corrected chi connectivity index (χ0v) is 10.3. The van der Waals surface area contributed by atoms with Crippen LogP contribution in [0, 0.1) is 0 Å². The zero-order chi connectivity index (χ0) is 13.4. The number of hydrogen-bond acceptors (Lipinski definition) is 4. The summed E-state index contributed by atoms with van der Waals surface area (Å²) >= 11 is 0. The van der Waals surface area contributed by atoms with Gasteiger partial charge < -0.3 is 14.8 Å². The van der Waals surface area contributed by atoms with Gasteiger partial charge in [-0.05, 0) is 31.2 Å². The average molecular weight is 249 g/mol. The van der Waals surface area contributed by atoms with E-state index in [1.54, 1.807) is 38.3 Å². The molecule has 0 fully saturated rings. The molecule has 5 nitrogen and oxygen atoms in total. The number of carbonyl (C=O) groups is 2. The molecule has 0 heterocycles. The molecular weight excluding hydrogens is 234 g/mol. The lowest BCUT2D eigenvalue weighted by atomic mass is 10.2. The van der Waals surface area contributed by atoms with Gasteiger partial charge in [-0.1, -0.05) is 0 Å². The highest BCUT2D eigenvalue weighted by Gasteiger charge is 2.03. The Hall–Kier alpha value is -2.30. The zero-order valence-electron chi connectivity index (χ0n) is 10.3. The molecule has 1 N–H and O–H groups in total. The molecule has 0 aliphatic rings. The van der Waals surface area contributed by atoms with Gasteiger partial charge in [0, 0.05) is 17.8 Å². The first-order valence-electron chi connectivity index (χ1n) is 5.45. The van der Waals surface area contributed by atoms with Crippen LogP contribution < -0.4 is 10.1 Å². The van der Waals surface area contributed by atoms with E-state index in [0.717, 1.165) is 6.08 Å². The summed E-state index contributed by atoms with van der Waals surface area (Å²) in [7, 11) is 1.55. The van der Waals surface area contributed by atoms with Gasteiger partial charge in [0.1, 0.15) is 5.75 Å². The molecule has 1 aromatic rings. The molecule has 0 aliphatic carbocycles. The average Bonchev–Trinajstić information content (AvgIpc) is 2.39. The van der Waals surface area contributed by atoms with Gasteiger partial charge >= 0.3 is 5.97 Å². The predicted octanol–water partition coefficient (Wildman–Crippen LogP) is 1.50. The van der Waals surface area contributed by atoms with E-state index in [1.807, 2.05) is 0 Å². The summed E-state index contributed by atoms with van der Waals surface area (Å²) in [5.74, 6) is -0.126. The largest absolute Gasteiger partial charge is 0.497 e. The van der Waals surface area contributed by atoms with E-state index in [4.69, 9.17) is 4.74 Å². The molecule has 0 saturated heterocycles. The van der Waals surface area contributed by atoms with Crippen molar-refractivity contribution in [3.8, 4) is 5.75 Å². The molecule has 1 rings (SSSR count). The molecule has 18 heavy (non-hydrogen) atoms. The second kappa shape index (κ2) is 7.11. The highest BCUT2D eigenvalue weighted by molar-refractivity contribution is 5.95. The van der Waals surface area contributed by atoms with Crippen molar-refractivity contribution >= 4 is 11.9 Å². The van der Waals surface area contributed by atoms with Crippen LogP contribution in [0.25, 0.3) is 0 Å². The third kappa shape index (κ3) is 4.29. The fourth-order valence-electron chi connectivity index (χ4n) is 1.20. The summed E-state index contributed by atoms with van der Waals surface area (Å²) in [5, 5.41) is 2.46. The second-order valence-corrected chi connectivity index (χ2v) is 3.29. The van der Waals surface area contributed by atoms with Crippen molar-refractivity contribution in [2.75, 3.05) is 13.7 Å². The second-order valence-electron chi connectivity index (χ2n) is 3.29. The summed E-state index contributed by atoms with van der Waals surface area (Å²) in [6, 6.07) is 6.63. The van der Waals surface area contributed by atoms with E-state index in [-0.39, 0.29) is 5.91 Å². The molecule has 0 aromatic heterocycles. The molecule has 0 radical (unpaired) electrons. The molecule has 5 heteroatoms. The van der Waals surface area contributed by atoms with E-state index in [2.05, 4.69) is 10.1 Å². The molecule has 1 amide bonds. The monoisotopic (exact) mass is 249 g/mol. The van der Waals surface area contributed by atoms with Crippen LogP contribution in [0.5, 0.6) is 5.75 Å². The number of nitrogens with one attached hydrogen (secondary N) is 1. The maximum atomic E-state index is 11.6. The molecule has 96 valence electrons. The van der Waals surface area contributed by atoms with Crippen molar-refractivity contribution < 1.29 is 19.1 Å². The minimum atomic E-state index is -0.493. The maximum Gasteiger partial charge on any atom is 0.332 e. The Morgan fingerprint density at radius 1 is 1.28 bits per heavy atom. The van der Waals surface area contributed by atoms with Crippen molar-refractivity contribution in [3.63, 3.8) is 0 Å². The maximum absolute atomic E-state index is 11.6. The number of carbonyl (C=O) groups excluding carboxylic acids is 2. The fourth-order valence-corrected chi connectivity index (χ4v) is 1.20. The minimum absolute atomic E-state index is 0.301. The number of rotatable bonds is 5. The summed E-state index contributed by atoms with van der Waals surface area (Å²) in [5.41, 5.74) is 0.476. The summed E-state index contributed by atoms with van der Waals surface area (Å²) < 4.78 is 9.65. The summed E-state index contributed by atoms with van der Waals surface area (Å²) in [4.78, 5) is 22.6. The lowest BCUT2D eigenvalue weighted by Gasteiger charge is -2.02. The number of hydrogen-bond donors (Lipinski definition) is 1. The van der Waals surface area contributed by atoms with Crippen molar-refractivity contribution in [2.24, 2.45) is 0 Å². The van der Waals surface area contributed by atoms with E-state index < -0.39 is 5.97 Å². The Labute approximate surface area is 105 Å². The van der Waals surface area contributed by atoms with Crippen molar-refractivity contribution in [3.05, 3.63) is 42.1 Å². The molecule has 0 atom stereocenters. The molecule has 0 unspecified atom stereocenters. The van der Waals surface area contributed by atoms with E-state index in [9.17, 15) is 9.59 Å². The lowest BCUT2D eigenvalue weighted by Crippen LogP contribution is -2.17. The van der Waals surface area contributed by atoms with Gasteiger partial charge in [-0.25, -0.2) is 4.79 Å². The van der Waals surface area contributed by atoms with Gasteiger partial charge in [0.15, 0.2) is 0 Å². The van der Waals surface area contributed by atoms with Gasteiger partial charge in [-0.2, -0.15) is 0 Å². The number of amides is 1. The molecule has 0 bridgehead atoms. The first kappa shape index (κ1) is 13.8. The topological polar surface area (TPSA) is 64.6 Å². The quantitative estimate of drug-likeness (QED) is 0.634. The van der Waals surface area contributed by atoms with Gasteiger partial charge in [-0.3, -0.25) is 4.79 Å². The Balaban J connectivity index is 2.52. The first-order valence-corrected chi connectivity index (χ1v) is 5.45. The van der Waals surface area contributed by atoms with Gasteiger partial charge in [0.05, 0.1) is 13.7 Å². The minimum Gasteiger partial charge on any atom is -0.497 e. The third-order valence-corrected chi connectivity index (χ3v) is 2.07. The molecule has 0 saturated carbocycles. The number of esters is 1. The standard InChI is InChI=1S/C13H15NO4/c1-3-18-12(15)8-9-14-13(16)10-4-6-11(17-2)7-5-10/h4-9H,3H2,1-2H3,(H,14,16)/b9-8-. The number of ether oxygens (including phenoxy) is 2. The van der Waals surface area contributed by atoms with Gasteiger partial charge in [0.25, 0.3) is 5.91 Å². The molecule has 0 spiro atoms. The Bertz CT molecular complexity index is 437. The van der Waals surface area contributed by atoms with Crippen LogP contribution in [0.1, 0.15) is 17.3 Å². The van der Waals surface area contributed by atoms with E-state index >= 15 is 0 Å². The molecule has 1 aromatic carbocycles. The molecular formula is C13H15NO4. The number of methoxy groups -OCH3 is 1. The van der Waals surface area contributed by atoms with Crippen LogP contribution >= 0.6 is 0 Å². The van der Waals surface area contributed by atoms with Crippen LogP contribution in [0.15, 0.2) is 36.5 Å². The van der Waals surface area contributed by atoms with Crippen molar-refractivity contribution in [1.29, 1.82) is 0 Å². The number of benzene rings is 1. The van der Waals surface area contributed by atoms with E-state index in [0.29, 0.717) is 17.9 Å². The van der Waals surface area contributed by atoms with Crippen LogP contribution in [0.2, 0.25) is 0 Å². The summed E-state index contributed by atoms with van der Waals surface area (Å²) in [6.45, 7) is 2.01. The van der Waals surface area contributed by atoms with E-state index in [1.165, 1.54) is 6.20 Å². The third-order valence-electron chi connectivity index (χ3n) is 2.07. The SMILES string of the molecule is CCOC(=O)/C=C\NC(=O)c1ccc(OC)cc1. The van der Waals surface area contributed by atoms with Crippen LogP contribution in [-0.2, 0) is 9.53 Å². The summed E-state index contributed by atoms with van der Waals surface area (Å²) in [6.07, 6.45) is 2.41. The Kier molecular flexibility index (Phi) is 5.44.